The van der Waals surface area contributed by atoms with E-state index in [2.05, 4.69) is 5.32 Å². The van der Waals surface area contributed by atoms with Crippen LogP contribution in [-0.2, 0) is 25.5 Å². The van der Waals surface area contributed by atoms with Crippen molar-refractivity contribution in [2.75, 3.05) is 13.7 Å². The molecule has 2 aromatic carbocycles. The number of esters is 1. The van der Waals surface area contributed by atoms with Gasteiger partial charge in [0, 0.05) is 25.1 Å². The Hall–Kier alpha value is -3.26. The van der Waals surface area contributed by atoms with Crippen LogP contribution in [0.25, 0.3) is 0 Å². The third-order valence-corrected chi connectivity index (χ3v) is 6.17. The summed E-state index contributed by atoms with van der Waals surface area (Å²) in [6.45, 7) is 1.73. The van der Waals surface area contributed by atoms with Crippen LogP contribution in [0, 0.1) is 17.7 Å². The molecule has 0 radical (unpaired) electrons. The number of nitrogens with one attached hydrogen (secondary N) is 1. The Kier molecular flexibility index (Phi) is 5.26. The molecule has 2 aliphatic heterocycles. The highest BCUT2D eigenvalue weighted by molar-refractivity contribution is 6.09. The number of imide groups is 1. The molecule has 0 unspecified atom stereocenters. The van der Waals surface area contributed by atoms with Crippen LogP contribution in [0.3, 0.4) is 0 Å². The van der Waals surface area contributed by atoms with E-state index in [1.165, 1.54) is 31.3 Å². The van der Waals surface area contributed by atoms with Crippen LogP contribution in [0.5, 0.6) is 5.75 Å². The summed E-state index contributed by atoms with van der Waals surface area (Å²) in [5.74, 6) is -4.12. The number of phenolic OH excluding ortho intramolecular Hbond substituents is 1. The van der Waals surface area contributed by atoms with Gasteiger partial charge in [-0.1, -0.05) is 30.3 Å². The molecule has 0 aliphatic carbocycles. The van der Waals surface area contributed by atoms with E-state index in [0.29, 0.717) is 5.56 Å². The number of carbonyl (C=O) groups excluding carboxylic acids is 3. The highest BCUT2D eigenvalue weighted by atomic mass is 19.1. The zero-order valence-corrected chi connectivity index (χ0v) is 17.2. The number of carbonyl (C=O) groups is 3. The van der Waals surface area contributed by atoms with E-state index in [1.54, 1.807) is 31.2 Å². The second-order valence-electron chi connectivity index (χ2n) is 7.92. The van der Waals surface area contributed by atoms with Gasteiger partial charge in [-0.15, -0.1) is 0 Å². The lowest BCUT2D eigenvalue weighted by molar-refractivity contribution is -0.156. The fourth-order valence-corrected chi connectivity index (χ4v) is 4.76. The smallest absolute Gasteiger partial charge is 0.327 e. The Morgan fingerprint density at radius 2 is 1.84 bits per heavy atom. The number of ether oxygens (including phenoxy) is 1. The lowest BCUT2D eigenvalue weighted by Gasteiger charge is -2.32. The van der Waals surface area contributed by atoms with Crippen LogP contribution in [0.15, 0.2) is 48.5 Å². The van der Waals surface area contributed by atoms with Gasteiger partial charge in [-0.2, -0.15) is 0 Å². The van der Waals surface area contributed by atoms with Gasteiger partial charge in [0.25, 0.3) is 0 Å². The molecule has 7 nitrogen and oxygen atoms in total. The monoisotopic (exact) mass is 426 g/mol. The van der Waals surface area contributed by atoms with E-state index in [4.69, 9.17) is 4.74 Å². The fourth-order valence-electron chi connectivity index (χ4n) is 4.76. The van der Waals surface area contributed by atoms with Crippen molar-refractivity contribution in [3.63, 3.8) is 0 Å². The zero-order chi connectivity index (χ0) is 22.3. The molecule has 2 aromatic rings. The molecule has 2 heterocycles. The largest absolute Gasteiger partial charge is 0.508 e. The van der Waals surface area contributed by atoms with Crippen molar-refractivity contribution < 1.29 is 28.6 Å². The van der Waals surface area contributed by atoms with Crippen LogP contribution >= 0.6 is 0 Å². The first-order valence-electron chi connectivity index (χ1n) is 10.1. The minimum absolute atomic E-state index is 0.0328. The van der Waals surface area contributed by atoms with E-state index < -0.39 is 47.0 Å². The molecule has 4 rings (SSSR count). The predicted octanol–water partition coefficient (Wildman–Crippen LogP) is 1.95. The summed E-state index contributed by atoms with van der Waals surface area (Å²) in [6, 6.07) is 11.3. The van der Waals surface area contributed by atoms with Gasteiger partial charge in [-0.3, -0.25) is 24.6 Å². The molecule has 8 heteroatoms. The van der Waals surface area contributed by atoms with Crippen molar-refractivity contribution in [3.05, 3.63) is 65.5 Å². The molecule has 0 saturated carbocycles. The number of fused-ring (bicyclic) bond motifs is 1. The van der Waals surface area contributed by atoms with Crippen molar-refractivity contribution in [1.82, 2.24) is 10.2 Å². The van der Waals surface area contributed by atoms with Crippen LogP contribution in [0.2, 0.25) is 0 Å². The minimum Gasteiger partial charge on any atom is -0.508 e. The molecule has 2 aliphatic rings. The number of phenols is 1. The molecule has 2 saturated heterocycles. The number of likely N-dealkylation sites (tertiary alicyclic amines) is 1. The fraction of sp³-hybridized carbons (Fsp3) is 0.348. The maximum absolute atomic E-state index is 14.7. The number of nitrogens with zero attached hydrogens (tertiary/aromatic N) is 1. The van der Waals surface area contributed by atoms with Crippen molar-refractivity contribution in [1.29, 1.82) is 0 Å². The van der Waals surface area contributed by atoms with E-state index in [1.807, 2.05) is 0 Å². The van der Waals surface area contributed by atoms with Crippen LogP contribution in [0.1, 0.15) is 24.1 Å². The Labute approximate surface area is 178 Å². The highest BCUT2D eigenvalue weighted by Crippen LogP contribution is 2.50. The molecule has 2 fully saturated rings. The maximum atomic E-state index is 14.7. The summed E-state index contributed by atoms with van der Waals surface area (Å²) in [6.07, 6.45) is 0.0328. The zero-order valence-electron chi connectivity index (χ0n) is 17.2. The number of benzene rings is 2. The van der Waals surface area contributed by atoms with Gasteiger partial charge in [-0.05, 0) is 30.7 Å². The lowest BCUT2D eigenvalue weighted by atomic mass is 9.76. The normalized spacial score (nSPS) is 27.5. The Morgan fingerprint density at radius 3 is 2.48 bits per heavy atom. The van der Waals surface area contributed by atoms with Gasteiger partial charge < -0.3 is 9.84 Å². The minimum atomic E-state index is -1.57. The number of amides is 2. The molecule has 0 bridgehead atoms. The lowest BCUT2D eigenvalue weighted by Crippen LogP contribution is -2.57. The number of hydrogen-bond acceptors (Lipinski definition) is 6. The summed E-state index contributed by atoms with van der Waals surface area (Å²) in [4.78, 5) is 40.5. The number of hydrogen-bond donors (Lipinski definition) is 2. The van der Waals surface area contributed by atoms with Crippen LogP contribution in [-0.4, -0.2) is 47.0 Å². The molecule has 162 valence electrons. The standard InChI is InChI=1S/C23H23FN2O5/c1-3-31-22(30)23(12-13-8-10-14(27)11-9-13)18-17(20(28)26(2)21(18)29)19(25-23)15-6-4-5-7-16(15)24/h4-11,17-19,25,27H,3,12H2,1-2H3/t17-,18-,19-,23-/m1/s1. The average molecular weight is 426 g/mol. The van der Waals surface area contributed by atoms with Gasteiger partial charge in [0.1, 0.15) is 17.1 Å². The third kappa shape index (κ3) is 3.27. The first-order chi connectivity index (χ1) is 14.8. The van der Waals surface area contributed by atoms with E-state index in [-0.39, 0.29) is 24.3 Å². The summed E-state index contributed by atoms with van der Waals surface area (Å²) < 4.78 is 20.0. The van der Waals surface area contributed by atoms with Gasteiger partial charge in [-0.25, -0.2) is 4.39 Å². The SMILES string of the molecule is CCOC(=O)[C@]1(Cc2ccc(O)cc2)N[C@H](c2ccccc2F)[C@@H]2C(=O)N(C)C(=O)[C@@H]21. The summed E-state index contributed by atoms with van der Waals surface area (Å²) in [7, 11) is 1.37. The van der Waals surface area contributed by atoms with Crippen molar-refractivity contribution in [2.24, 2.45) is 11.8 Å². The van der Waals surface area contributed by atoms with Crippen LogP contribution in [0.4, 0.5) is 4.39 Å². The number of halogens is 1. The second-order valence-corrected chi connectivity index (χ2v) is 7.92. The topological polar surface area (TPSA) is 95.9 Å². The summed E-state index contributed by atoms with van der Waals surface area (Å²) in [5, 5.41) is 12.8. The second kappa shape index (κ2) is 7.77. The van der Waals surface area contributed by atoms with Crippen molar-refractivity contribution in [3.8, 4) is 5.75 Å². The van der Waals surface area contributed by atoms with Gasteiger partial charge in [0.2, 0.25) is 11.8 Å². The predicted molar refractivity (Wildman–Crippen MR) is 108 cm³/mol. The first-order valence-corrected chi connectivity index (χ1v) is 10.1. The first kappa shape index (κ1) is 21.0. The van der Waals surface area contributed by atoms with Gasteiger partial charge >= 0.3 is 5.97 Å². The van der Waals surface area contributed by atoms with Gasteiger partial charge in [0.15, 0.2) is 0 Å². The Balaban J connectivity index is 1.87. The molecule has 31 heavy (non-hydrogen) atoms. The molecule has 4 atom stereocenters. The van der Waals surface area contributed by atoms with E-state index in [0.717, 1.165) is 4.90 Å². The molecular weight excluding hydrogens is 403 g/mol. The summed E-state index contributed by atoms with van der Waals surface area (Å²) in [5.41, 5.74) is -0.700. The molecule has 0 spiro atoms. The molecule has 2 amide bonds. The summed E-state index contributed by atoms with van der Waals surface area (Å²) >= 11 is 0. The maximum Gasteiger partial charge on any atom is 0.327 e. The molecular formula is C23H23FN2O5. The Morgan fingerprint density at radius 1 is 1.16 bits per heavy atom. The molecule has 2 N–H and O–H groups in total. The third-order valence-electron chi connectivity index (χ3n) is 6.17. The van der Waals surface area contributed by atoms with E-state index >= 15 is 0 Å². The van der Waals surface area contributed by atoms with E-state index in [9.17, 15) is 23.9 Å². The van der Waals surface area contributed by atoms with Crippen LogP contribution < -0.4 is 5.32 Å². The number of rotatable bonds is 5. The van der Waals surface area contributed by atoms with Gasteiger partial charge in [0.05, 0.1) is 18.4 Å². The Bertz CT molecular complexity index is 1040. The highest BCUT2D eigenvalue weighted by Gasteiger charge is 2.68. The van der Waals surface area contributed by atoms with Crippen molar-refractivity contribution >= 4 is 17.8 Å². The quantitative estimate of drug-likeness (QED) is 0.561. The average Bonchev–Trinajstić information content (AvgIpc) is 3.20. The molecule has 0 aromatic heterocycles. The number of aromatic hydroxyl groups is 1. The van der Waals surface area contributed by atoms with Crippen molar-refractivity contribution in [2.45, 2.75) is 24.9 Å².